The van der Waals surface area contributed by atoms with Crippen molar-refractivity contribution in [3.63, 3.8) is 0 Å². The van der Waals surface area contributed by atoms with Gasteiger partial charge < -0.3 is 10.2 Å². The third-order valence-electron chi connectivity index (χ3n) is 5.24. The number of hydrogen-bond donors (Lipinski definition) is 1. The normalized spacial score (nSPS) is 22.2. The number of carbonyl (C=O) groups is 2. The fourth-order valence-electron chi connectivity index (χ4n) is 3.44. The van der Waals surface area contributed by atoms with E-state index in [1.54, 1.807) is 10.9 Å². The van der Waals surface area contributed by atoms with Crippen LogP contribution in [-0.4, -0.2) is 51.3 Å². The number of hydrogen-bond acceptors (Lipinski definition) is 4. The minimum Gasteiger partial charge on any atom is -0.350 e. The molecule has 0 unspecified atom stereocenters. The summed E-state index contributed by atoms with van der Waals surface area (Å²) in [6.07, 6.45) is 8.54. The van der Waals surface area contributed by atoms with Gasteiger partial charge >= 0.3 is 0 Å². The van der Waals surface area contributed by atoms with Gasteiger partial charge in [0, 0.05) is 25.6 Å². The van der Waals surface area contributed by atoms with Crippen LogP contribution < -0.4 is 5.32 Å². The van der Waals surface area contributed by atoms with Gasteiger partial charge in [-0.05, 0) is 31.6 Å². The largest absolute Gasteiger partial charge is 0.350 e. The second-order valence-corrected chi connectivity index (χ2v) is 7.12. The van der Waals surface area contributed by atoms with Crippen molar-refractivity contribution < 1.29 is 9.59 Å². The molecule has 7 nitrogen and oxygen atoms in total. The summed E-state index contributed by atoms with van der Waals surface area (Å²) in [7, 11) is 0. The predicted octanol–water partition coefficient (Wildman–Crippen LogP) is 0.991. The highest BCUT2D eigenvalue weighted by Crippen LogP contribution is 2.30. The zero-order valence-corrected chi connectivity index (χ0v) is 13.3. The Labute approximate surface area is 135 Å². The molecular formula is C16H23N5O2. The Hall–Kier alpha value is -1.92. The highest BCUT2D eigenvalue weighted by molar-refractivity contribution is 5.91. The highest BCUT2D eigenvalue weighted by atomic mass is 16.2. The minimum atomic E-state index is -0.152. The maximum Gasteiger partial charge on any atom is 0.273 e. The van der Waals surface area contributed by atoms with Gasteiger partial charge in [0.25, 0.3) is 5.91 Å². The van der Waals surface area contributed by atoms with E-state index in [-0.39, 0.29) is 17.9 Å². The molecule has 0 bridgehead atoms. The SMILES string of the molecule is O=C(NCC1CC1)c1cn(C2CN(C(=O)C3CCCC3)C2)nn1. The Morgan fingerprint density at radius 2 is 1.91 bits per heavy atom. The monoisotopic (exact) mass is 317 g/mol. The van der Waals surface area contributed by atoms with Crippen molar-refractivity contribution in [1.29, 1.82) is 0 Å². The van der Waals surface area contributed by atoms with Crippen molar-refractivity contribution in [3.05, 3.63) is 11.9 Å². The molecule has 0 aromatic carbocycles. The van der Waals surface area contributed by atoms with Crippen LogP contribution in [0.3, 0.4) is 0 Å². The molecule has 1 aromatic rings. The van der Waals surface area contributed by atoms with Crippen LogP contribution in [0.1, 0.15) is 55.1 Å². The van der Waals surface area contributed by atoms with Crippen LogP contribution in [0.15, 0.2) is 6.20 Å². The molecule has 1 aromatic heterocycles. The summed E-state index contributed by atoms with van der Waals surface area (Å²) < 4.78 is 1.73. The van der Waals surface area contributed by atoms with E-state index >= 15 is 0 Å². The molecule has 7 heteroatoms. The van der Waals surface area contributed by atoms with Crippen molar-refractivity contribution in [2.45, 2.75) is 44.6 Å². The number of amides is 2. The third-order valence-corrected chi connectivity index (χ3v) is 5.24. The molecule has 2 aliphatic carbocycles. The summed E-state index contributed by atoms with van der Waals surface area (Å²) in [6, 6.07) is 0.151. The van der Waals surface area contributed by atoms with Crippen LogP contribution in [0.2, 0.25) is 0 Å². The molecule has 1 aliphatic heterocycles. The van der Waals surface area contributed by atoms with Crippen LogP contribution in [0.4, 0.5) is 0 Å². The van der Waals surface area contributed by atoms with Gasteiger partial charge in [0.2, 0.25) is 5.91 Å². The van der Waals surface area contributed by atoms with Gasteiger partial charge in [-0.2, -0.15) is 0 Å². The third kappa shape index (κ3) is 3.09. The maximum absolute atomic E-state index is 12.3. The van der Waals surface area contributed by atoms with E-state index in [0.29, 0.717) is 30.6 Å². The predicted molar refractivity (Wildman–Crippen MR) is 82.7 cm³/mol. The Balaban J connectivity index is 1.28. The van der Waals surface area contributed by atoms with Gasteiger partial charge in [-0.1, -0.05) is 18.1 Å². The lowest BCUT2D eigenvalue weighted by Gasteiger charge is -2.40. The molecule has 3 aliphatic rings. The summed E-state index contributed by atoms with van der Waals surface area (Å²) in [5, 5.41) is 10.9. The molecule has 3 fully saturated rings. The molecule has 23 heavy (non-hydrogen) atoms. The van der Waals surface area contributed by atoms with Gasteiger partial charge in [-0.3, -0.25) is 9.59 Å². The smallest absolute Gasteiger partial charge is 0.273 e. The number of carbonyl (C=O) groups excluding carboxylic acids is 2. The molecule has 0 spiro atoms. The molecule has 2 amide bonds. The maximum atomic E-state index is 12.3. The van der Waals surface area contributed by atoms with E-state index in [2.05, 4.69) is 15.6 Å². The van der Waals surface area contributed by atoms with E-state index in [9.17, 15) is 9.59 Å². The van der Waals surface area contributed by atoms with Gasteiger partial charge in [0.05, 0.1) is 12.2 Å². The fraction of sp³-hybridized carbons (Fsp3) is 0.750. The van der Waals surface area contributed by atoms with Gasteiger partial charge in [-0.25, -0.2) is 4.68 Å². The number of likely N-dealkylation sites (tertiary alicyclic amines) is 1. The standard InChI is InChI=1S/C16H23N5O2/c22-15(17-7-11-5-6-11)14-10-21(19-18-14)13-8-20(9-13)16(23)12-3-1-2-4-12/h10-13H,1-9H2,(H,17,22). The number of aromatic nitrogens is 3. The topological polar surface area (TPSA) is 80.1 Å². The lowest BCUT2D eigenvalue weighted by Crippen LogP contribution is -2.52. The van der Waals surface area contributed by atoms with Gasteiger partial charge in [-0.15, -0.1) is 5.10 Å². The second kappa shape index (κ2) is 5.94. The van der Waals surface area contributed by atoms with Crippen molar-refractivity contribution >= 4 is 11.8 Å². The summed E-state index contributed by atoms with van der Waals surface area (Å²) in [4.78, 5) is 26.2. The summed E-state index contributed by atoms with van der Waals surface area (Å²) >= 11 is 0. The Morgan fingerprint density at radius 3 is 2.61 bits per heavy atom. The number of nitrogens with zero attached hydrogens (tertiary/aromatic N) is 4. The van der Waals surface area contributed by atoms with Gasteiger partial charge in [0.1, 0.15) is 0 Å². The van der Waals surface area contributed by atoms with Crippen molar-refractivity contribution in [2.24, 2.45) is 11.8 Å². The lowest BCUT2D eigenvalue weighted by atomic mass is 10.0. The molecule has 1 saturated heterocycles. The molecule has 2 saturated carbocycles. The average Bonchev–Trinajstić information content (AvgIpc) is 3.00. The number of nitrogens with one attached hydrogen (secondary N) is 1. The number of rotatable bonds is 5. The van der Waals surface area contributed by atoms with Crippen LogP contribution in [0.5, 0.6) is 0 Å². The van der Waals surface area contributed by atoms with E-state index < -0.39 is 0 Å². The minimum absolute atomic E-state index is 0.151. The first-order valence-corrected chi connectivity index (χ1v) is 8.69. The van der Waals surface area contributed by atoms with Crippen molar-refractivity contribution in [2.75, 3.05) is 19.6 Å². The first kappa shape index (κ1) is 14.7. The van der Waals surface area contributed by atoms with E-state index in [0.717, 1.165) is 19.4 Å². The van der Waals surface area contributed by atoms with Crippen LogP contribution >= 0.6 is 0 Å². The van der Waals surface area contributed by atoms with Crippen LogP contribution in [0, 0.1) is 11.8 Å². The molecule has 0 radical (unpaired) electrons. The van der Waals surface area contributed by atoms with E-state index in [1.165, 1.54) is 25.7 Å². The fourth-order valence-corrected chi connectivity index (χ4v) is 3.44. The Morgan fingerprint density at radius 1 is 1.17 bits per heavy atom. The van der Waals surface area contributed by atoms with Crippen molar-refractivity contribution in [1.82, 2.24) is 25.2 Å². The Bertz CT molecular complexity index is 597. The lowest BCUT2D eigenvalue weighted by molar-refractivity contribution is -0.141. The van der Waals surface area contributed by atoms with Crippen LogP contribution in [0.25, 0.3) is 0 Å². The highest BCUT2D eigenvalue weighted by Gasteiger charge is 2.37. The van der Waals surface area contributed by atoms with Crippen LogP contribution in [-0.2, 0) is 4.79 Å². The van der Waals surface area contributed by atoms with Crippen molar-refractivity contribution in [3.8, 4) is 0 Å². The average molecular weight is 317 g/mol. The zero-order valence-electron chi connectivity index (χ0n) is 13.3. The molecular weight excluding hydrogens is 294 g/mol. The molecule has 4 rings (SSSR count). The van der Waals surface area contributed by atoms with Gasteiger partial charge in [0.15, 0.2) is 5.69 Å². The summed E-state index contributed by atoms with van der Waals surface area (Å²) in [5.41, 5.74) is 0.367. The second-order valence-electron chi connectivity index (χ2n) is 7.12. The van der Waals surface area contributed by atoms with E-state index in [4.69, 9.17) is 0 Å². The summed E-state index contributed by atoms with van der Waals surface area (Å²) in [5.74, 6) is 1.02. The summed E-state index contributed by atoms with van der Waals surface area (Å²) in [6.45, 7) is 2.10. The first-order valence-electron chi connectivity index (χ1n) is 8.69. The zero-order chi connectivity index (χ0) is 15.8. The molecule has 0 atom stereocenters. The van der Waals surface area contributed by atoms with E-state index in [1.807, 2.05) is 4.90 Å². The first-order chi connectivity index (χ1) is 11.2. The molecule has 1 N–H and O–H groups in total. The Kier molecular flexibility index (Phi) is 3.79. The molecule has 2 heterocycles. The molecule has 124 valence electrons. The quantitative estimate of drug-likeness (QED) is 0.878.